The molecule has 10 heteroatoms. The maximum atomic E-state index is 11.9. The molecule has 0 spiro atoms. The van der Waals surface area contributed by atoms with Crippen LogP contribution in [-0.4, -0.2) is 30.6 Å². The highest BCUT2D eigenvalue weighted by Crippen LogP contribution is 2.40. The van der Waals surface area contributed by atoms with E-state index >= 15 is 0 Å². The van der Waals surface area contributed by atoms with Gasteiger partial charge >= 0.3 is 0 Å². The second-order valence-corrected chi connectivity index (χ2v) is 10.5. The summed E-state index contributed by atoms with van der Waals surface area (Å²) in [6.45, 7) is 3.83. The molecule has 1 atom stereocenters. The van der Waals surface area contributed by atoms with E-state index in [-0.39, 0.29) is 12.1 Å². The summed E-state index contributed by atoms with van der Waals surface area (Å²) in [5.74, 6) is 0.104. The molecule has 3 aromatic rings. The van der Waals surface area contributed by atoms with Crippen molar-refractivity contribution in [3.8, 4) is 33.0 Å². The third-order valence-electron chi connectivity index (χ3n) is 5.18. The predicted molar refractivity (Wildman–Crippen MR) is 123 cm³/mol. The van der Waals surface area contributed by atoms with Crippen molar-refractivity contribution in [3.63, 3.8) is 0 Å². The Bertz CT molecular complexity index is 1300. The van der Waals surface area contributed by atoms with Crippen molar-refractivity contribution in [1.82, 2.24) is 14.9 Å². The van der Waals surface area contributed by atoms with E-state index in [1.54, 1.807) is 12.1 Å². The molecule has 0 unspecified atom stereocenters. The third-order valence-corrected chi connectivity index (χ3v) is 7.27. The molecule has 3 N–H and O–H groups in total. The lowest BCUT2D eigenvalue weighted by molar-refractivity contribution is 0.242. The Balaban J connectivity index is 1.65. The van der Waals surface area contributed by atoms with Crippen LogP contribution in [-0.2, 0) is 16.4 Å². The van der Waals surface area contributed by atoms with E-state index in [0.29, 0.717) is 22.7 Å². The fourth-order valence-electron chi connectivity index (χ4n) is 3.80. The summed E-state index contributed by atoms with van der Waals surface area (Å²) in [5, 5.41) is 19.7. The smallest absolute Gasteiger partial charge is 0.225 e. The maximum Gasteiger partial charge on any atom is 0.225 e. The van der Waals surface area contributed by atoms with Crippen LogP contribution in [0.3, 0.4) is 0 Å². The highest BCUT2D eigenvalue weighted by atomic mass is 32.2. The fourth-order valence-corrected chi connectivity index (χ4v) is 5.46. The zero-order chi connectivity index (χ0) is 22.9. The van der Waals surface area contributed by atoms with Crippen LogP contribution in [0.25, 0.3) is 21.1 Å². The van der Waals surface area contributed by atoms with Gasteiger partial charge in [0.05, 0.1) is 11.7 Å². The zero-order valence-corrected chi connectivity index (χ0v) is 19.3. The Hall–Kier alpha value is -2.84. The highest BCUT2D eigenvalue weighted by Gasteiger charge is 2.28. The topological polar surface area (TPSA) is 131 Å². The molecule has 1 aromatic heterocycles. The molecule has 32 heavy (non-hydrogen) atoms. The van der Waals surface area contributed by atoms with Crippen molar-refractivity contribution < 1.29 is 13.2 Å². The molecule has 1 aliphatic carbocycles. The Morgan fingerprint density at radius 1 is 1.28 bits per heavy atom. The largest absolute Gasteiger partial charge is 0.490 e. The first-order chi connectivity index (χ1) is 15.3. The Morgan fingerprint density at radius 2 is 2.06 bits per heavy atom. The quantitative estimate of drug-likeness (QED) is 0.542. The van der Waals surface area contributed by atoms with Gasteiger partial charge in [-0.1, -0.05) is 29.5 Å². The second-order valence-electron chi connectivity index (χ2n) is 7.77. The SMILES string of the molecule is CC(C)Oc1ccc(-c2nnc(-c3cccc4c3CC[C@@H]4NS(=O)(=O)CN)s2)cc1C#N. The van der Waals surface area contributed by atoms with E-state index in [0.717, 1.165) is 33.7 Å². The molecule has 0 aliphatic heterocycles. The summed E-state index contributed by atoms with van der Waals surface area (Å²) in [6, 6.07) is 13.1. The van der Waals surface area contributed by atoms with E-state index in [9.17, 15) is 13.7 Å². The van der Waals surface area contributed by atoms with Crippen molar-refractivity contribution >= 4 is 21.4 Å². The van der Waals surface area contributed by atoms with Gasteiger partial charge in [0, 0.05) is 17.2 Å². The Kier molecular flexibility index (Phi) is 6.26. The third kappa shape index (κ3) is 4.52. The summed E-state index contributed by atoms with van der Waals surface area (Å²) in [5.41, 5.74) is 9.54. The molecular weight excluding hydrogens is 446 g/mol. The van der Waals surface area contributed by atoms with Gasteiger partial charge < -0.3 is 10.5 Å². The molecule has 0 amide bonds. The predicted octanol–water partition coefficient (Wildman–Crippen LogP) is 3.35. The molecule has 1 aliphatic rings. The van der Waals surface area contributed by atoms with E-state index in [1.807, 2.05) is 38.1 Å². The van der Waals surface area contributed by atoms with E-state index < -0.39 is 15.9 Å². The van der Waals surface area contributed by atoms with E-state index in [1.165, 1.54) is 11.3 Å². The molecule has 4 rings (SSSR count). The number of aromatic nitrogens is 2. The molecule has 0 radical (unpaired) electrons. The zero-order valence-electron chi connectivity index (χ0n) is 17.7. The van der Waals surface area contributed by atoms with Crippen LogP contribution >= 0.6 is 11.3 Å². The number of hydrogen-bond acceptors (Lipinski definition) is 8. The van der Waals surface area contributed by atoms with Gasteiger partial charge in [-0.05, 0) is 56.0 Å². The molecule has 0 fully saturated rings. The van der Waals surface area contributed by atoms with Gasteiger partial charge in [-0.3, -0.25) is 0 Å². The van der Waals surface area contributed by atoms with Crippen LogP contribution in [0, 0.1) is 11.3 Å². The van der Waals surface area contributed by atoms with Crippen molar-refractivity contribution in [2.24, 2.45) is 5.73 Å². The number of nitrogens with one attached hydrogen (secondary N) is 1. The normalized spacial score (nSPS) is 15.5. The van der Waals surface area contributed by atoms with Gasteiger partial charge in [0.1, 0.15) is 27.7 Å². The minimum atomic E-state index is -3.51. The number of ether oxygens (including phenoxy) is 1. The molecule has 0 bridgehead atoms. The van der Waals surface area contributed by atoms with Gasteiger partial charge in [0.25, 0.3) is 0 Å². The minimum absolute atomic E-state index is 0.0283. The summed E-state index contributed by atoms with van der Waals surface area (Å²) >= 11 is 1.43. The first-order valence-corrected chi connectivity index (χ1v) is 12.6. The Morgan fingerprint density at radius 3 is 2.78 bits per heavy atom. The van der Waals surface area contributed by atoms with E-state index in [4.69, 9.17) is 10.5 Å². The van der Waals surface area contributed by atoms with Crippen molar-refractivity contribution in [3.05, 3.63) is 53.1 Å². The summed E-state index contributed by atoms with van der Waals surface area (Å²) < 4.78 is 32.2. The van der Waals surface area contributed by atoms with Crippen molar-refractivity contribution in [1.29, 1.82) is 5.26 Å². The number of sulfonamides is 1. The average Bonchev–Trinajstić information content (AvgIpc) is 3.41. The number of nitriles is 1. The van der Waals surface area contributed by atoms with Crippen LogP contribution in [0.5, 0.6) is 5.75 Å². The molecule has 1 heterocycles. The summed E-state index contributed by atoms with van der Waals surface area (Å²) in [7, 11) is -3.51. The summed E-state index contributed by atoms with van der Waals surface area (Å²) in [6.07, 6.45) is 1.37. The molecule has 0 saturated carbocycles. The fraction of sp³-hybridized carbons (Fsp3) is 0.318. The molecular formula is C22H23N5O3S2. The number of fused-ring (bicyclic) bond motifs is 1. The number of rotatable bonds is 7. The molecule has 0 saturated heterocycles. The molecule has 166 valence electrons. The van der Waals surface area contributed by atoms with Crippen LogP contribution < -0.4 is 15.2 Å². The minimum Gasteiger partial charge on any atom is -0.490 e. The van der Waals surface area contributed by atoms with Crippen molar-refractivity contribution in [2.75, 3.05) is 5.88 Å². The van der Waals surface area contributed by atoms with Crippen LogP contribution in [0.1, 0.15) is 43.0 Å². The first-order valence-electron chi connectivity index (χ1n) is 10.2. The average molecular weight is 470 g/mol. The van der Waals surface area contributed by atoms with E-state index in [2.05, 4.69) is 21.0 Å². The summed E-state index contributed by atoms with van der Waals surface area (Å²) in [4.78, 5) is 0. The van der Waals surface area contributed by atoms with Gasteiger partial charge in [0.2, 0.25) is 10.0 Å². The first kappa shape index (κ1) is 22.4. The lowest BCUT2D eigenvalue weighted by atomic mass is 10.0. The number of benzene rings is 2. The highest BCUT2D eigenvalue weighted by molar-refractivity contribution is 7.89. The van der Waals surface area contributed by atoms with Gasteiger partial charge in [0.15, 0.2) is 0 Å². The number of nitrogens with zero attached hydrogens (tertiary/aromatic N) is 3. The molecule has 8 nitrogen and oxygen atoms in total. The number of hydrogen-bond donors (Lipinski definition) is 2. The second kappa shape index (κ2) is 8.96. The van der Waals surface area contributed by atoms with Crippen LogP contribution in [0.4, 0.5) is 0 Å². The lowest BCUT2D eigenvalue weighted by Crippen LogP contribution is -2.32. The Labute approximate surface area is 191 Å². The van der Waals surface area contributed by atoms with Crippen LogP contribution in [0.2, 0.25) is 0 Å². The van der Waals surface area contributed by atoms with Gasteiger partial charge in [-0.15, -0.1) is 10.2 Å². The van der Waals surface area contributed by atoms with Gasteiger partial charge in [-0.25, -0.2) is 13.1 Å². The maximum absolute atomic E-state index is 11.9. The lowest BCUT2D eigenvalue weighted by Gasteiger charge is -2.14. The molecule has 2 aromatic carbocycles. The van der Waals surface area contributed by atoms with Crippen molar-refractivity contribution in [2.45, 2.75) is 38.8 Å². The monoisotopic (exact) mass is 469 g/mol. The van der Waals surface area contributed by atoms with Crippen LogP contribution in [0.15, 0.2) is 36.4 Å². The number of nitrogens with two attached hydrogens (primary N) is 1. The standard InChI is InChI=1S/C22H23N5O3S2/c1-13(2)30-20-9-6-14(10-15(20)11-23)21-25-26-22(31-21)18-5-3-4-17-16(18)7-8-19(17)27-32(28,29)12-24/h3-6,9-10,13,19,27H,7-8,12,24H2,1-2H3/t19-/m0/s1. The van der Waals surface area contributed by atoms with Gasteiger partial charge in [-0.2, -0.15) is 5.26 Å².